The Hall–Kier alpha value is -3.61. The average Bonchev–Trinajstić information content (AvgIpc) is 2.73. The summed E-state index contributed by atoms with van der Waals surface area (Å²) in [7, 11) is 0. The fourth-order valence-corrected chi connectivity index (χ4v) is 3.29. The van der Waals surface area contributed by atoms with E-state index in [4.69, 9.17) is 9.15 Å². The molecule has 2 N–H and O–H groups in total. The number of rotatable bonds is 8. The van der Waals surface area contributed by atoms with Crippen molar-refractivity contribution in [1.82, 2.24) is 5.32 Å². The average molecular weight is 409 g/mol. The van der Waals surface area contributed by atoms with Crippen LogP contribution in [0, 0.1) is 6.92 Å². The summed E-state index contributed by atoms with van der Waals surface area (Å²) in [5, 5.41) is 12.7. The molecule has 0 aliphatic rings. The van der Waals surface area contributed by atoms with Crippen LogP contribution in [0.4, 0.5) is 0 Å². The fourth-order valence-electron chi connectivity index (χ4n) is 3.29. The lowest BCUT2D eigenvalue weighted by Crippen LogP contribution is -2.44. The molecular weight excluding hydrogens is 386 g/mol. The number of carboxylic acids is 1. The zero-order valence-electron chi connectivity index (χ0n) is 16.8. The summed E-state index contributed by atoms with van der Waals surface area (Å²) in [6.07, 6.45) is 0.851. The van der Waals surface area contributed by atoms with E-state index < -0.39 is 23.5 Å². The summed E-state index contributed by atoms with van der Waals surface area (Å²) in [5.74, 6) is -1.28. The number of aliphatic carboxylic acids is 1. The Labute approximate surface area is 173 Å². The van der Waals surface area contributed by atoms with Crippen molar-refractivity contribution in [3.63, 3.8) is 0 Å². The first kappa shape index (κ1) is 21.1. The predicted octanol–water partition coefficient (Wildman–Crippen LogP) is 2.85. The van der Waals surface area contributed by atoms with Crippen LogP contribution >= 0.6 is 0 Å². The van der Waals surface area contributed by atoms with E-state index in [2.05, 4.69) is 5.32 Å². The molecule has 1 amide bonds. The van der Waals surface area contributed by atoms with E-state index in [0.29, 0.717) is 23.3 Å². The number of carbonyl (C=O) groups is 2. The van der Waals surface area contributed by atoms with Crippen molar-refractivity contribution in [3.05, 3.63) is 75.6 Å². The minimum atomic E-state index is -1.12. The highest BCUT2D eigenvalue weighted by molar-refractivity contribution is 5.86. The Morgan fingerprint density at radius 1 is 1.17 bits per heavy atom. The molecule has 2 aromatic carbocycles. The Kier molecular flexibility index (Phi) is 6.51. The predicted molar refractivity (Wildman–Crippen MR) is 112 cm³/mol. The second-order valence-corrected chi connectivity index (χ2v) is 6.95. The van der Waals surface area contributed by atoms with Gasteiger partial charge in [-0.2, -0.15) is 0 Å². The highest BCUT2D eigenvalue weighted by atomic mass is 16.5. The summed E-state index contributed by atoms with van der Waals surface area (Å²) in [5.41, 5.74) is 2.26. The van der Waals surface area contributed by atoms with E-state index >= 15 is 0 Å². The van der Waals surface area contributed by atoms with Gasteiger partial charge < -0.3 is 19.6 Å². The minimum absolute atomic E-state index is 0.169. The maximum atomic E-state index is 12.3. The van der Waals surface area contributed by atoms with Crippen molar-refractivity contribution in [3.8, 4) is 5.75 Å². The molecule has 0 radical (unpaired) electrons. The molecule has 7 heteroatoms. The van der Waals surface area contributed by atoms with Crippen molar-refractivity contribution in [2.24, 2.45) is 0 Å². The van der Waals surface area contributed by atoms with Gasteiger partial charge in [0.1, 0.15) is 17.4 Å². The van der Waals surface area contributed by atoms with Crippen LogP contribution in [-0.2, 0) is 22.4 Å². The number of amides is 1. The second kappa shape index (κ2) is 9.26. The van der Waals surface area contributed by atoms with E-state index in [-0.39, 0.29) is 13.0 Å². The van der Waals surface area contributed by atoms with E-state index in [1.54, 1.807) is 31.2 Å². The number of hydrogen-bond donors (Lipinski definition) is 2. The van der Waals surface area contributed by atoms with Gasteiger partial charge in [-0.3, -0.25) is 4.79 Å². The van der Waals surface area contributed by atoms with Crippen LogP contribution in [0.5, 0.6) is 5.75 Å². The fraction of sp³-hybridized carbons (Fsp3) is 0.261. The number of aryl methyl sites for hydroxylation is 2. The van der Waals surface area contributed by atoms with Crippen LogP contribution in [0.15, 0.2) is 57.7 Å². The number of carbonyl (C=O) groups excluding carboxylic acids is 1. The number of carboxylic acid groups (broad SMARTS) is 1. The number of fused-ring (bicyclic) bond motifs is 1. The summed E-state index contributed by atoms with van der Waals surface area (Å²) >= 11 is 0. The van der Waals surface area contributed by atoms with Crippen LogP contribution in [0.2, 0.25) is 0 Å². The zero-order valence-corrected chi connectivity index (χ0v) is 16.8. The molecule has 1 atom stereocenters. The van der Waals surface area contributed by atoms with Crippen LogP contribution in [0.1, 0.15) is 23.6 Å². The van der Waals surface area contributed by atoms with Gasteiger partial charge in [0.25, 0.3) is 5.91 Å². The lowest BCUT2D eigenvalue weighted by atomic mass is 10.0. The Morgan fingerprint density at radius 3 is 2.57 bits per heavy atom. The van der Waals surface area contributed by atoms with Crippen molar-refractivity contribution in [1.29, 1.82) is 0 Å². The molecule has 3 aromatic rings. The maximum Gasteiger partial charge on any atom is 0.336 e. The Morgan fingerprint density at radius 2 is 1.90 bits per heavy atom. The van der Waals surface area contributed by atoms with Gasteiger partial charge in [-0.05, 0) is 36.6 Å². The lowest BCUT2D eigenvalue weighted by Gasteiger charge is -2.16. The topological polar surface area (TPSA) is 106 Å². The molecule has 1 aromatic heterocycles. The Bertz CT molecular complexity index is 1120. The molecule has 30 heavy (non-hydrogen) atoms. The number of benzene rings is 2. The van der Waals surface area contributed by atoms with Crippen molar-refractivity contribution in [2.45, 2.75) is 32.7 Å². The molecule has 0 bridgehead atoms. The SMILES string of the molecule is CCc1cc(=O)oc2c(C)c(OCC(=O)NC(Cc3ccccc3)C(=O)O)ccc12. The van der Waals surface area contributed by atoms with Gasteiger partial charge in [0.05, 0.1) is 0 Å². The van der Waals surface area contributed by atoms with Gasteiger partial charge in [-0.25, -0.2) is 9.59 Å². The van der Waals surface area contributed by atoms with E-state index in [0.717, 1.165) is 16.5 Å². The van der Waals surface area contributed by atoms with Gasteiger partial charge in [-0.1, -0.05) is 37.3 Å². The van der Waals surface area contributed by atoms with Gasteiger partial charge in [0, 0.05) is 23.4 Å². The third-order valence-electron chi connectivity index (χ3n) is 4.85. The number of hydrogen-bond acceptors (Lipinski definition) is 5. The third kappa shape index (κ3) is 4.86. The highest BCUT2D eigenvalue weighted by Gasteiger charge is 2.21. The monoisotopic (exact) mass is 409 g/mol. The van der Waals surface area contributed by atoms with Gasteiger partial charge in [0.15, 0.2) is 6.61 Å². The first-order valence-corrected chi connectivity index (χ1v) is 9.64. The van der Waals surface area contributed by atoms with E-state index in [1.165, 1.54) is 6.07 Å². The van der Waals surface area contributed by atoms with Crippen LogP contribution in [-0.4, -0.2) is 29.6 Å². The quantitative estimate of drug-likeness (QED) is 0.554. The molecule has 7 nitrogen and oxygen atoms in total. The van der Waals surface area contributed by atoms with Crippen LogP contribution < -0.4 is 15.7 Å². The van der Waals surface area contributed by atoms with Gasteiger partial charge in [-0.15, -0.1) is 0 Å². The summed E-state index contributed by atoms with van der Waals surface area (Å²) < 4.78 is 10.9. The molecule has 3 rings (SSSR count). The molecule has 1 unspecified atom stereocenters. The third-order valence-corrected chi connectivity index (χ3v) is 4.85. The highest BCUT2D eigenvalue weighted by Crippen LogP contribution is 2.28. The molecular formula is C23H23NO6. The lowest BCUT2D eigenvalue weighted by molar-refractivity contribution is -0.142. The van der Waals surface area contributed by atoms with Crippen LogP contribution in [0.25, 0.3) is 11.0 Å². The van der Waals surface area contributed by atoms with E-state index in [1.807, 2.05) is 25.1 Å². The van der Waals surface area contributed by atoms with Crippen molar-refractivity contribution < 1.29 is 23.8 Å². The normalized spacial score (nSPS) is 11.8. The number of ether oxygens (including phenoxy) is 1. The molecule has 1 heterocycles. The summed E-state index contributed by atoms with van der Waals surface area (Å²) in [6.45, 7) is 3.34. The first-order valence-electron chi connectivity index (χ1n) is 9.64. The standard InChI is InChI=1S/C23H23NO6/c1-3-16-12-21(26)30-22-14(2)19(10-9-17(16)22)29-13-20(25)24-18(23(27)28)11-15-7-5-4-6-8-15/h4-10,12,18H,3,11,13H2,1-2H3,(H,24,25)(H,27,28). The summed E-state index contributed by atoms with van der Waals surface area (Å²) in [6, 6.07) is 13.0. The Balaban J connectivity index is 1.70. The zero-order chi connectivity index (χ0) is 21.7. The molecule has 0 spiro atoms. The molecule has 0 saturated heterocycles. The maximum absolute atomic E-state index is 12.3. The molecule has 156 valence electrons. The largest absolute Gasteiger partial charge is 0.483 e. The second-order valence-electron chi connectivity index (χ2n) is 6.95. The van der Waals surface area contributed by atoms with Gasteiger partial charge >= 0.3 is 11.6 Å². The molecule has 0 aliphatic carbocycles. The smallest absolute Gasteiger partial charge is 0.336 e. The summed E-state index contributed by atoms with van der Waals surface area (Å²) in [4.78, 5) is 35.6. The minimum Gasteiger partial charge on any atom is -0.483 e. The van der Waals surface area contributed by atoms with Crippen LogP contribution in [0.3, 0.4) is 0 Å². The van der Waals surface area contributed by atoms with Crippen molar-refractivity contribution in [2.75, 3.05) is 6.61 Å². The van der Waals surface area contributed by atoms with Crippen molar-refractivity contribution >= 4 is 22.8 Å². The van der Waals surface area contributed by atoms with E-state index in [9.17, 15) is 19.5 Å². The first-order chi connectivity index (χ1) is 14.4. The molecule has 0 fully saturated rings. The molecule has 0 aliphatic heterocycles. The van der Waals surface area contributed by atoms with Gasteiger partial charge in [0.2, 0.25) is 0 Å². The number of nitrogens with one attached hydrogen (secondary N) is 1. The molecule has 0 saturated carbocycles.